The first-order valence-electron chi connectivity index (χ1n) is 7.57. The van der Waals surface area contributed by atoms with Gasteiger partial charge >= 0.3 is 0 Å². The van der Waals surface area contributed by atoms with Crippen LogP contribution in [0.1, 0.15) is 12.7 Å². The number of imidazole rings is 1. The van der Waals surface area contributed by atoms with Crippen LogP contribution in [-0.2, 0) is 6.54 Å². The Morgan fingerprint density at radius 2 is 2.04 bits per heavy atom. The van der Waals surface area contributed by atoms with Gasteiger partial charge in [-0.05, 0) is 32.0 Å². The van der Waals surface area contributed by atoms with E-state index >= 15 is 0 Å². The molecule has 0 amide bonds. The number of aryl methyl sites for hydroxylation is 2. The van der Waals surface area contributed by atoms with Gasteiger partial charge in [-0.25, -0.2) is 19.5 Å². The van der Waals surface area contributed by atoms with Crippen molar-refractivity contribution in [1.29, 1.82) is 0 Å². The molecule has 4 aromatic heterocycles. The summed E-state index contributed by atoms with van der Waals surface area (Å²) in [5, 5.41) is 7.33. The highest BCUT2D eigenvalue weighted by Gasteiger charge is 2.12. The zero-order chi connectivity index (χ0) is 16.0. The maximum absolute atomic E-state index is 4.82. The molecular formula is C16H17N7. The number of pyridine rings is 1. The van der Waals surface area contributed by atoms with E-state index in [1.807, 2.05) is 42.0 Å². The van der Waals surface area contributed by atoms with Gasteiger partial charge in [0.25, 0.3) is 0 Å². The average Bonchev–Trinajstić information content (AvgIpc) is 3.13. The van der Waals surface area contributed by atoms with Crippen LogP contribution < -0.4 is 5.32 Å². The lowest BCUT2D eigenvalue weighted by Crippen LogP contribution is -2.01. The van der Waals surface area contributed by atoms with Crippen molar-refractivity contribution in [3.8, 4) is 11.3 Å². The summed E-state index contributed by atoms with van der Waals surface area (Å²) >= 11 is 0. The van der Waals surface area contributed by atoms with Crippen LogP contribution in [0.5, 0.6) is 0 Å². The highest BCUT2D eigenvalue weighted by Crippen LogP contribution is 2.26. The molecule has 0 atom stereocenters. The molecule has 1 N–H and O–H groups in total. The molecule has 4 aromatic rings. The van der Waals surface area contributed by atoms with Gasteiger partial charge in [-0.1, -0.05) is 0 Å². The van der Waals surface area contributed by atoms with Crippen molar-refractivity contribution in [3.63, 3.8) is 0 Å². The van der Waals surface area contributed by atoms with E-state index < -0.39 is 0 Å². The number of fused-ring (bicyclic) bond motifs is 2. The summed E-state index contributed by atoms with van der Waals surface area (Å²) in [5.41, 5.74) is 4.67. The van der Waals surface area contributed by atoms with E-state index in [1.165, 1.54) is 0 Å². The van der Waals surface area contributed by atoms with Crippen molar-refractivity contribution in [3.05, 3.63) is 36.4 Å². The van der Waals surface area contributed by atoms with E-state index in [0.717, 1.165) is 40.3 Å². The topological polar surface area (TPSA) is 72.9 Å². The molecule has 7 nitrogen and oxygen atoms in total. The van der Waals surface area contributed by atoms with Gasteiger partial charge in [0.15, 0.2) is 5.65 Å². The molecule has 0 aliphatic heterocycles. The third-order valence-corrected chi connectivity index (χ3v) is 4.02. The molecule has 0 bridgehead atoms. The van der Waals surface area contributed by atoms with E-state index in [9.17, 15) is 0 Å². The molecule has 7 heteroatoms. The minimum atomic E-state index is 0.586. The standard InChI is InChI=1S/C16H17N7/c1-4-22-10(2)19-13-6-5-12(20-15(13)22)11-7-8-23-14(11)9-18-16(17-3)21-23/h5-9H,4H2,1-3H3,(H,17,21). The van der Waals surface area contributed by atoms with Crippen molar-refractivity contribution in [2.24, 2.45) is 0 Å². The molecule has 0 saturated heterocycles. The Morgan fingerprint density at radius 1 is 1.17 bits per heavy atom. The SMILES string of the molecule is CCn1c(C)nc2ccc(-c3ccn4nc(NC)ncc34)nc21. The van der Waals surface area contributed by atoms with E-state index in [4.69, 9.17) is 4.98 Å². The van der Waals surface area contributed by atoms with Crippen LogP contribution in [-0.4, -0.2) is 36.2 Å². The Bertz CT molecular complexity index is 1010. The molecule has 0 unspecified atom stereocenters. The van der Waals surface area contributed by atoms with Crippen LogP contribution in [0.4, 0.5) is 5.95 Å². The Labute approximate surface area is 133 Å². The lowest BCUT2D eigenvalue weighted by molar-refractivity contribution is 0.746. The minimum absolute atomic E-state index is 0.586. The number of hydrogen-bond donors (Lipinski definition) is 1. The second-order valence-corrected chi connectivity index (χ2v) is 5.33. The Kier molecular flexibility index (Phi) is 3.00. The number of aromatic nitrogens is 6. The highest BCUT2D eigenvalue weighted by atomic mass is 15.3. The number of nitrogens with one attached hydrogen (secondary N) is 1. The number of rotatable bonds is 3. The molecule has 23 heavy (non-hydrogen) atoms. The summed E-state index contributed by atoms with van der Waals surface area (Å²) in [6.45, 7) is 4.96. The maximum atomic E-state index is 4.82. The molecule has 0 aromatic carbocycles. The monoisotopic (exact) mass is 307 g/mol. The third-order valence-electron chi connectivity index (χ3n) is 4.02. The van der Waals surface area contributed by atoms with Crippen molar-refractivity contribution < 1.29 is 0 Å². The van der Waals surface area contributed by atoms with E-state index in [1.54, 1.807) is 7.05 Å². The summed E-state index contributed by atoms with van der Waals surface area (Å²) in [5.74, 6) is 1.57. The Hall–Kier alpha value is -2.96. The second-order valence-electron chi connectivity index (χ2n) is 5.33. The molecule has 116 valence electrons. The molecule has 0 aliphatic rings. The van der Waals surface area contributed by atoms with Crippen LogP contribution in [0.25, 0.3) is 27.9 Å². The highest BCUT2D eigenvalue weighted by molar-refractivity contribution is 5.82. The van der Waals surface area contributed by atoms with Gasteiger partial charge in [0, 0.05) is 25.4 Å². The third kappa shape index (κ3) is 2.04. The fourth-order valence-corrected chi connectivity index (χ4v) is 2.87. The van der Waals surface area contributed by atoms with Gasteiger partial charge in [0.05, 0.1) is 17.4 Å². The quantitative estimate of drug-likeness (QED) is 0.629. The zero-order valence-electron chi connectivity index (χ0n) is 13.3. The van der Waals surface area contributed by atoms with Gasteiger partial charge in [0.2, 0.25) is 5.95 Å². The van der Waals surface area contributed by atoms with Gasteiger partial charge in [-0.3, -0.25) is 0 Å². The first kappa shape index (κ1) is 13.7. The van der Waals surface area contributed by atoms with E-state index in [0.29, 0.717) is 5.95 Å². The van der Waals surface area contributed by atoms with Crippen LogP contribution in [0.2, 0.25) is 0 Å². The van der Waals surface area contributed by atoms with Crippen molar-refractivity contribution in [2.45, 2.75) is 20.4 Å². The summed E-state index contributed by atoms with van der Waals surface area (Å²) in [6.07, 6.45) is 3.73. The lowest BCUT2D eigenvalue weighted by atomic mass is 10.2. The Balaban J connectivity index is 1.91. The molecular weight excluding hydrogens is 290 g/mol. The lowest BCUT2D eigenvalue weighted by Gasteiger charge is -2.04. The normalized spacial score (nSPS) is 11.4. The minimum Gasteiger partial charge on any atom is -0.356 e. The zero-order valence-corrected chi connectivity index (χ0v) is 13.3. The maximum Gasteiger partial charge on any atom is 0.240 e. The van der Waals surface area contributed by atoms with Crippen molar-refractivity contribution >= 4 is 22.6 Å². The molecule has 0 spiro atoms. The van der Waals surface area contributed by atoms with Crippen molar-refractivity contribution in [2.75, 3.05) is 12.4 Å². The van der Waals surface area contributed by atoms with E-state index in [2.05, 4.69) is 31.9 Å². The first-order chi connectivity index (χ1) is 11.2. The Morgan fingerprint density at radius 3 is 2.83 bits per heavy atom. The smallest absolute Gasteiger partial charge is 0.240 e. The predicted molar refractivity (Wildman–Crippen MR) is 89.5 cm³/mol. The summed E-state index contributed by atoms with van der Waals surface area (Å²) < 4.78 is 3.93. The molecule has 0 aliphatic carbocycles. The fourth-order valence-electron chi connectivity index (χ4n) is 2.87. The van der Waals surface area contributed by atoms with Crippen LogP contribution in [0.15, 0.2) is 30.6 Å². The van der Waals surface area contributed by atoms with E-state index in [-0.39, 0.29) is 0 Å². The predicted octanol–water partition coefficient (Wildman–Crippen LogP) is 2.51. The van der Waals surface area contributed by atoms with Gasteiger partial charge in [-0.2, -0.15) is 0 Å². The molecule has 0 radical (unpaired) electrons. The summed E-state index contributed by atoms with van der Waals surface area (Å²) in [6, 6.07) is 6.02. The van der Waals surface area contributed by atoms with Crippen LogP contribution >= 0.6 is 0 Å². The number of nitrogens with zero attached hydrogens (tertiary/aromatic N) is 6. The molecule has 4 rings (SSSR count). The summed E-state index contributed by atoms with van der Waals surface area (Å²) in [7, 11) is 1.80. The number of hydrogen-bond acceptors (Lipinski definition) is 5. The molecule has 0 saturated carbocycles. The van der Waals surface area contributed by atoms with Crippen molar-refractivity contribution in [1.82, 2.24) is 29.1 Å². The fraction of sp³-hybridized carbons (Fsp3) is 0.250. The molecule has 4 heterocycles. The van der Waals surface area contributed by atoms with Gasteiger partial charge in [0.1, 0.15) is 11.3 Å². The first-order valence-corrected chi connectivity index (χ1v) is 7.57. The van der Waals surface area contributed by atoms with Gasteiger partial charge < -0.3 is 9.88 Å². The summed E-state index contributed by atoms with van der Waals surface area (Å²) in [4.78, 5) is 13.7. The van der Waals surface area contributed by atoms with Gasteiger partial charge in [-0.15, -0.1) is 5.10 Å². The molecule has 0 fully saturated rings. The average molecular weight is 307 g/mol. The van der Waals surface area contributed by atoms with Crippen LogP contribution in [0.3, 0.4) is 0 Å². The second kappa shape index (κ2) is 5.05. The van der Waals surface area contributed by atoms with Crippen LogP contribution in [0, 0.1) is 6.92 Å². The largest absolute Gasteiger partial charge is 0.356 e. The number of anilines is 1.